The van der Waals surface area contributed by atoms with E-state index in [4.69, 9.17) is 9.47 Å². The summed E-state index contributed by atoms with van der Waals surface area (Å²) in [5.41, 5.74) is -3.13. The minimum Gasteiger partial charge on any atom is -0.465 e. The first-order valence-electron chi connectivity index (χ1n) is 8.12. The zero-order chi connectivity index (χ0) is 19.9. The Balaban J connectivity index is 2.05. The van der Waals surface area contributed by atoms with Gasteiger partial charge in [0.25, 0.3) is 5.79 Å². The van der Waals surface area contributed by atoms with Crippen molar-refractivity contribution in [1.82, 2.24) is 0 Å². The molecule has 1 aliphatic heterocycles. The number of ether oxygens (including phenoxy) is 3. The molecular weight excluding hydrogens is 376 g/mol. The van der Waals surface area contributed by atoms with Crippen LogP contribution in [0.2, 0.25) is 0 Å². The Bertz CT molecular complexity index is 782. The van der Waals surface area contributed by atoms with E-state index in [-0.39, 0.29) is 12.8 Å². The van der Waals surface area contributed by atoms with Gasteiger partial charge in [0.2, 0.25) is 0 Å². The fourth-order valence-electron chi connectivity index (χ4n) is 3.32. The largest absolute Gasteiger partial charge is 0.465 e. The quantitative estimate of drug-likeness (QED) is 0.334. The van der Waals surface area contributed by atoms with Gasteiger partial charge in [-0.25, -0.2) is 22.4 Å². The second kappa shape index (κ2) is 6.82. The normalized spacial score (nSPS) is 19.6. The van der Waals surface area contributed by atoms with Gasteiger partial charge in [-0.3, -0.25) is 9.59 Å². The molecule has 0 bridgehead atoms. The molecule has 10 heteroatoms. The van der Waals surface area contributed by atoms with Crippen molar-refractivity contribution in [2.75, 3.05) is 7.11 Å². The van der Waals surface area contributed by atoms with E-state index in [2.05, 4.69) is 4.74 Å². The molecule has 0 N–H and O–H groups in total. The molecule has 1 aromatic rings. The Labute approximate surface area is 150 Å². The van der Waals surface area contributed by atoms with Crippen molar-refractivity contribution < 1.29 is 46.2 Å². The van der Waals surface area contributed by atoms with Gasteiger partial charge >= 0.3 is 17.9 Å². The van der Waals surface area contributed by atoms with Crippen LogP contribution in [-0.2, 0) is 23.8 Å². The number of carbonyl (C=O) groups excluding carboxylic acids is 3. The molecule has 0 radical (unpaired) electrons. The van der Waals surface area contributed by atoms with Gasteiger partial charge < -0.3 is 14.2 Å². The Morgan fingerprint density at radius 3 is 1.85 bits per heavy atom. The fourth-order valence-corrected chi connectivity index (χ4v) is 3.32. The Morgan fingerprint density at radius 1 is 0.926 bits per heavy atom. The molecule has 1 aliphatic carbocycles. The second-order valence-corrected chi connectivity index (χ2v) is 6.28. The van der Waals surface area contributed by atoms with Crippen LogP contribution in [0, 0.1) is 23.3 Å². The lowest BCUT2D eigenvalue weighted by Crippen LogP contribution is -2.50. The summed E-state index contributed by atoms with van der Waals surface area (Å²) in [5, 5.41) is 0. The number of benzene rings is 1. The third-order valence-corrected chi connectivity index (χ3v) is 4.64. The smallest absolute Gasteiger partial charge is 0.344 e. The third kappa shape index (κ3) is 3.02. The van der Waals surface area contributed by atoms with E-state index in [0.717, 1.165) is 13.5 Å². The average molecular weight is 390 g/mol. The van der Waals surface area contributed by atoms with Crippen LogP contribution in [0.1, 0.15) is 53.9 Å². The summed E-state index contributed by atoms with van der Waals surface area (Å²) in [6.07, 6.45) is 2.46. The Hall–Kier alpha value is -2.65. The van der Waals surface area contributed by atoms with Crippen molar-refractivity contribution >= 4 is 17.9 Å². The molecule has 2 fully saturated rings. The number of esters is 3. The molecule has 0 amide bonds. The molecular formula is C17H14F4O6. The number of hydrogen-bond acceptors (Lipinski definition) is 6. The lowest BCUT2D eigenvalue weighted by Gasteiger charge is -2.40. The van der Waals surface area contributed by atoms with Gasteiger partial charge in [-0.15, -0.1) is 0 Å². The maximum atomic E-state index is 14.4. The van der Waals surface area contributed by atoms with E-state index in [0.29, 0.717) is 12.8 Å². The summed E-state index contributed by atoms with van der Waals surface area (Å²) in [5.74, 6) is -16.6. The maximum Gasteiger partial charge on any atom is 0.344 e. The topological polar surface area (TPSA) is 78.9 Å². The summed E-state index contributed by atoms with van der Waals surface area (Å²) in [7, 11) is 0.754. The predicted molar refractivity (Wildman–Crippen MR) is 78.4 cm³/mol. The van der Waals surface area contributed by atoms with Crippen LogP contribution in [-0.4, -0.2) is 30.8 Å². The van der Waals surface area contributed by atoms with Gasteiger partial charge in [0.15, 0.2) is 29.2 Å². The molecule has 0 aromatic heterocycles. The summed E-state index contributed by atoms with van der Waals surface area (Å²) in [6, 6.07) is 0. The lowest BCUT2D eigenvalue weighted by atomic mass is 9.90. The molecule has 0 unspecified atom stereocenters. The highest BCUT2D eigenvalue weighted by atomic mass is 19.2. The fraction of sp³-hybridized carbons (Fsp3) is 0.471. The van der Waals surface area contributed by atoms with Crippen LogP contribution >= 0.6 is 0 Å². The van der Waals surface area contributed by atoms with Gasteiger partial charge in [-0.2, -0.15) is 0 Å². The van der Waals surface area contributed by atoms with E-state index in [9.17, 15) is 31.9 Å². The van der Waals surface area contributed by atoms with Crippen LogP contribution < -0.4 is 0 Å². The van der Waals surface area contributed by atoms with E-state index in [1.165, 1.54) is 0 Å². The number of carbonyl (C=O) groups is 3. The van der Waals surface area contributed by atoms with Crippen LogP contribution in [0.15, 0.2) is 0 Å². The molecule has 2 aliphatic rings. The lowest BCUT2D eigenvalue weighted by molar-refractivity contribution is -0.256. The average Bonchev–Trinajstić information content (AvgIpc) is 2.62. The predicted octanol–water partition coefficient (Wildman–Crippen LogP) is 2.87. The first-order valence-corrected chi connectivity index (χ1v) is 8.12. The van der Waals surface area contributed by atoms with Gasteiger partial charge in [0.05, 0.1) is 12.7 Å². The minimum atomic E-state index is -2.35. The Kier molecular flexibility index (Phi) is 4.83. The standard InChI is InChI=1S/C17H14F4O6/c1-25-14(22)9-12(20)10(18)7(11(19)13(9)21)8-15(23)26-17(27-16(8)24)5-3-2-4-6-17/h8H,2-6H2,1H3. The van der Waals surface area contributed by atoms with Gasteiger partial charge in [-0.05, 0) is 12.8 Å². The summed E-state index contributed by atoms with van der Waals surface area (Å²) >= 11 is 0. The Morgan fingerprint density at radius 2 is 1.41 bits per heavy atom. The zero-order valence-corrected chi connectivity index (χ0v) is 14.1. The second-order valence-electron chi connectivity index (χ2n) is 6.28. The molecule has 27 heavy (non-hydrogen) atoms. The SMILES string of the molecule is COC(=O)c1c(F)c(F)c(C2C(=O)OC3(CCCCC3)OC2=O)c(F)c1F. The molecule has 1 spiro atoms. The van der Waals surface area contributed by atoms with Gasteiger partial charge in [-0.1, -0.05) is 6.42 Å². The highest BCUT2D eigenvalue weighted by Crippen LogP contribution is 2.41. The zero-order valence-electron chi connectivity index (χ0n) is 14.1. The third-order valence-electron chi connectivity index (χ3n) is 4.64. The maximum absolute atomic E-state index is 14.4. The van der Waals surface area contributed by atoms with Gasteiger partial charge in [0, 0.05) is 12.8 Å². The minimum absolute atomic E-state index is 0.214. The van der Waals surface area contributed by atoms with Gasteiger partial charge in [0.1, 0.15) is 5.56 Å². The van der Waals surface area contributed by atoms with E-state index < -0.39 is 64.0 Å². The van der Waals surface area contributed by atoms with E-state index in [1.54, 1.807) is 0 Å². The van der Waals surface area contributed by atoms with Crippen LogP contribution in [0.5, 0.6) is 0 Å². The number of rotatable bonds is 2. The molecule has 1 saturated heterocycles. The number of halogens is 4. The molecule has 1 aromatic carbocycles. The highest BCUT2D eigenvalue weighted by Gasteiger charge is 2.52. The highest BCUT2D eigenvalue weighted by molar-refractivity contribution is 6.03. The summed E-state index contributed by atoms with van der Waals surface area (Å²) in [6.45, 7) is 0. The van der Waals surface area contributed by atoms with E-state index in [1.807, 2.05) is 0 Å². The molecule has 1 heterocycles. The van der Waals surface area contributed by atoms with E-state index >= 15 is 0 Å². The monoisotopic (exact) mass is 390 g/mol. The molecule has 146 valence electrons. The number of methoxy groups -OCH3 is 1. The molecule has 3 rings (SSSR count). The molecule has 6 nitrogen and oxygen atoms in total. The van der Waals surface area contributed by atoms with Crippen molar-refractivity contribution in [3.63, 3.8) is 0 Å². The van der Waals surface area contributed by atoms with Crippen molar-refractivity contribution in [2.45, 2.75) is 43.8 Å². The van der Waals surface area contributed by atoms with Crippen molar-refractivity contribution in [3.8, 4) is 0 Å². The first-order chi connectivity index (χ1) is 12.7. The van der Waals surface area contributed by atoms with Crippen LogP contribution in [0.3, 0.4) is 0 Å². The first kappa shape index (κ1) is 19.1. The van der Waals surface area contributed by atoms with Crippen molar-refractivity contribution in [1.29, 1.82) is 0 Å². The summed E-state index contributed by atoms with van der Waals surface area (Å²) < 4.78 is 71.2. The van der Waals surface area contributed by atoms with Crippen LogP contribution in [0.4, 0.5) is 17.6 Å². The van der Waals surface area contributed by atoms with Crippen molar-refractivity contribution in [3.05, 3.63) is 34.4 Å². The number of hydrogen-bond donors (Lipinski definition) is 0. The van der Waals surface area contributed by atoms with Crippen molar-refractivity contribution in [2.24, 2.45) is 0 Å². The molecule has 1 saturated carbocycles. The molecule has 0 atom stereocenters. The van der Waals surface area contributed by atoms with Crippen LogP contribution in [0.25, 0.3) is 0 Å². The summed E-state index contributed by atoms with van der Waals surface area (Å²) in [4.78, 5) is 35.9.